The van der Waals surface area contributed by atoms with Crippen molar-refractivity contribution in [2.24, 2.45) is 0 Å². The lowest BCUT2D eigenvalue weighted by Gasteiger charge is -2.16. The number of nitrogens with zero attached hydrogens (tertiary/aromatic N) is 2. The van der Waals surface area contributed by atoms with Crippen LogP contribution in [0.25, 0.3) is 11.3 Å². The maximum Gasteiger partial charge on any atom is 0.288 e. The summed E-state index contributed by atoms with van der Waals surface area (Å²) in [6.07, 6.45) is 1.13. The van der Waals surface area contributed by atoms with Gasteiger partial charge in [0.2, 0.25) is 10.0 Å². The molecule has 0 saturated carbocycles. The van der Waals surface area contributed by atoms with E-state index in [9.17, 15) is 22.0 Å². The standard InChI is InChI=1S/C19H17F2N3O3S3/c1-24(30(2,26)27)14-7-3-12(4-8-14)16-11-28-19(22-16)23-17(25)13-5-9-15(10-6-13)29-18(20)21/h3-11,18H,1-2H3,(H,22,23,25). The fourth-order valence-corrected chi connectivity index (χ4v) is 4.17. The van der Waals surface area contributed by atoms with Crippen LogP contribution in [0.5, 0.6) is 0 Å². The molecule has 0 unspecified atom stereocenters. The molecule has 6 nitrogen and oxygen atoms in total. The van der Waals surface area contributed by atoms with Crippen LogP contribution in [0, 0.1) is 0 Å². The highest BCUT2D eigenvalue weighted by atomic mass is 32.2. The van der Waals surface area contributed by atoms with Gasteiger partial charge in [-0.25, -0.2) is 13.4 Å². The van der Waals surface area contributed by atoms with Crippen LogP contribution < -0.4 is 9.62 Å². The van der Waals surface area contributed by atoms with Crippen molar-refractivity contribution in [3.05, 3.63) is 59.5 Å². The summed E-state index contributed by atoms with van der Waals surface area (Å²) in [5.74, 6) is -2.91. The predicted octanol–water partition coefficient (Wildman–Crippen LogP) is 4.77. The summed E-state index contributed by atoms with van der Waals surface area (Å²) in [4.78, 5) is 17.1. The third-order valence-corrected chi connectivity index (χ3v) is 6.78. The van der Waals surface area contributed by atoms with Crippen molar-refractivity contribution in [3.8, 4) is 11.3 Å². The van der Waals surface area contributed by atoms with Crippen molar-refractivity contribution in [1.82, 2.24) is 4.98 Å². The molecule has 0 bridgehead atoms. The molecule has 2 aromatic carbocycles. The van der Waals surface area contributed by atoms with E-state index in [-0.39, 0.29) is 0 Å². The zero-order valence-electron chi connectivity index (χ0n) is 15.9. The molecule has 3 aromatic rings. The molecule has 0 aliphatic heterocycles. The summed E-state index contributed by atoms with van der Waals surface area (Å²) in [6, 6.07) is 12.7. The van der Waals surface area contributed by atoms with Gasteiger partial charge in [0.05, 0.1) is 17.6 Å². The van der Waals surface area contributed by atoms with Crippen LogP contribution in [0.2, 0.25) is 0 Å². The zero-order valence-corrected chi connectivity index (χ0v) is 18.3. The lowest BCUT2D eigenvalue weighted by atomic mass is 10.1. The number of thiazole rings is 1. The number of aromatic nitrogens is 1. The lowest BCUT2D eigenvalue weighted by molar-refractivity contribution is 0.102. The molecule has 3 rings (SSSR count). The maximum atomic E-state index is 12.4. The third-order valence-electron chi connectivity index (χ3n) is 4.09. The first-order chi connectivity index (χ1) is 14.1. The van der Waals surface area contributed by atoms with E-state index in [2.05, 4.69) is 10.3 Å². The first-order valence-corrected chi connectivity index (χ1v) is 12.1. The number of thioether (sulfide) groups is 1. The minimum absolute atomic E-state index is 0.332. The number of alkyl halides is 2. The summed E-state index contributed by atoms with van der Waals surface area (Å²) in [7, 11) is -1.87. The van der Waals surface area contributed by atoms with Gasteiger partial charge in [-0.1, -0.05) is 23.9 Å². The molecule has 1 amide bonds. The lowest BCUT2D eigenvalue weighted by Crippen LogP contribution is -2.24. The molecule has 0 spiro atoms. The highest BCUT2D eigenvalue weighted by Gasteiger charge is 2.14. The molecule has 0 radical (unpaired) electrons. The van der Waals surface area contributed by atoms with Gasteiger partial charge in [0.1, 0.15) is 0 Å². The molecule has 1 heterocycles. The number of anilines is 2. The van der Waals surface area contributed by atoms with Crippen molar-refractivity contribution in [2.75, 3.05) is 22.9 Å². The van der Waals surface area contributed by atoms with Gasteiger partial charge in [0.15, 0.2) is 5.13 Å². The number of carbonyl (C=O) groups is 1. The van der Waals surface area contributed by atoms with E-state index < -0.39 is 21.7 Å². The highest BCUT2D eigenvalue weighted by Crippen LogP contribution is 2.28. The average Bonchev–Trinajstić information content (AvgIpc) is 3.15. The summed E-state index contributed by atoms with van der Waals surface area (Å²) >= 11 is 1.66. The number of hydrogen-bond donors (Lipinski definition) is 1. The quantitative estimate of drug-likeness (QED) is 0.504. The SMILES string of the molecule is CN(c1ccc(-c2csc(NC(=O)c3ccc(SC(F)F)cc3)n2)cc1)S(C)(=O)=O. The minimum atomic E-state index is -3.34. The normalized spacial score (nSPS) is 11.5. The Kier molecular flexibility index (Phi) is 6.74. The second-order valence-electron chi connectivity index (χ2n) is 6.17. The first-order valence-electron chi connectivity index (χ1n) is 8.49. The van der Waals surface area contributed by atoms with Crippen molar-refractivity contribution < 1.29 is 22.0 Å². The van der Waals surface area contributed by atoms with E-state index in [1.807, 2.05) is 0 Å². The number of nitrogens with one attached hydrogen (secondary N) is 1. The highest BCUT2D eigenvalue weighted by molar-refractivity contribution is 7.99. The van der Waals surface area contributed by atoms with E-state index in [1.54, 1.807) is 29.6 Å². The second kappa shape index (κ2) is 9.11. The Morgan fingerprint density at radius 2 is 1.77 bits per heavy atom. The smallest absolute Gasteiger partial charge is 0.288 e. The Morgan fingerprint density at radius 1 is 1.13 bits per heavy atom. The molecule has 30 heavy (non-hydrogen) atoms. The Bertz CT molecular complexity index is 1130. The molecule has 0 fully saturated rings. The monoisotopic (exact) mass is 469 g/mol. The number of halogens is 2. The second-order valence-corrected chi connectivity index (χ2v) is 10.1. The number of sulfonamides is 1. The van der Waals surface area contributed by atoms with Crippen LogP contribution in [-0.2, 0) is 10.0 Å². The molecule has 0 atom stereocenters. The van der Waals surface area contributed by atoms with Crippen LogP contribution >= 0.6 is 23.1 Å². The fourth-order valence-electron chi connectivity index (χ4n) is 2.45. The molecule has 1 N–H and O–H groups in total. The third kappa shape index (κ3) is 5.55. The Morgan fingerprint density at radius 3 is 2.33 bits per heavy atom. The zero-order chi connectivity index (χ0) is 21.9. The van der Waals surface area contributed by atoms with Gasteiger partial charge in [0.25, 0.3) is 11.7 Å². The minimum Gasteiger partial charge on any atom is -0.298 e. The number of rotatable bonds is 7. The van der Waals surface area contributed by atoms with E-state index in [4.69, 9.17) is 0 Å². The van der Waals surface area contributed by atoms with Crippen LogP contribution in [0.4, 0.5) is 19.6 Å². The van der Waals surface area contributed by atoms with Gasteiger partial charge in [-0.15, -0.1) is 11.3 Å². The van der Waals surface area contributed by atoms with E-state index >= 15 is 0 Å². The molecule has 1 aromatic heterocycles. The van der Waals surface area contributed by atoms with Crippen LogP contribution in [0.15, 0.2) is 58.8 Å². The predicted molar refractivity (Wildman–Crippen MR) is 117 cm³/mol. The van der Waals surface area contributed by atoms with E-state index in [1.165, 1.54) is 47.0 Å². The van der Waals surface area contributed by atoms with Gasteiger partial charge in [0, 0.05) is 28.5 Å². The average molecular weight is 470 g/mol. The molecule has 0 aliphatic rings. The molecule has 0 saturated heterocycles. The van der Waals surface area contributed by atoms with Gasteiger partial charge < -0.3 is 0 Å². The number of hydrogen-bond acceptors (Lipinski definition) is 6. The van der Waals surface area contributed by atoms with Gasteiger partial charge in [-0.3, -0.25) is 14.4 Å². The maximum absolute atomic E-state index is 12.4. The van der Waals surface area contributed by atoms with E-state index in [0.717, 1.165) is 11.8 Å². The van der Waals surface area contributed by atoms with E-state index in [0.29, 0.717) is 38.7 Å². The molecule has 0 aliphatic carbocycles. The number of amides is 1. The van der Waals surface area contributed by atoms with Crippen molar-refractivity contribution in [1.29, 1.82) is 0 Å². The first kappa shape index (κ1) is 22.2. The number of benzene rings is 2. The summed E-state index contributed by atoms with van der Waals surface area (Å²) in [5.41, 5.74) is 2.26. The van der Waals surface area contributed by atoms with Crippen molar-refractivity contribution >= 4 is 49.8 Å². The van der Waals surface area contributed by atoms with Crippen LogP contribution in [0.1, 0.15) is 10.4 Å². The molecule has 11 heteroatoms. The van der Waals surface area contributed by atoms with Gasteiger partial charge in [-0.05, 0) is 36.4 Å². The molecular weight excluding hydrogens is 452 g/mol. The van der Waals surface area contributed by atoms with Gasteiger partial charge in [-0.2, -0.15) is 8.78 Å². The Hall–Kier alpha value is -2.50. The van der Waals surface area contributed by atoms with Gasteiger partial charge >= 0.3 is 0 Å². The van der Waals surface area contributed by atoms with Crippen molar-refractivity contribution in [3.63, 3.8) is 0 Å². The topological polar surface area (TPSA) is 79.4 Å². The van der Waals surface area contributed by atoms with Crippen LogP contribution in [0.3, 0.4) is 0 Å². The molecular formula is C19H17F2N3O3S3. The van der Waals surface area contributed by atoms with Crippen LogP contribution in [-0.4, -0.2) is 38.4 Å². The Balaban J connectivity index is 1.68. The summed E-state index contributed by atoms with van der Waals surface area (Å²) in [6.45, 7) is 0. The molecule has 158 valence electrons. The summed E-state index contributed by atoms with van der Waals surface area (Å²) in [5, 5.41) is 4.84. The largest absolute Gasteiger partial charge is 0.298 e. The fraction of sp³-hybridized carbons (Fsp3) is 0.158. The van der Waals surface area contributed by atoms with Crippen molar-refractivity contribution in [2.45, 2.75) is 10.7 Å². The number of carbonyl (C=O) groups excluding carboxylic acids is 1. The Labute approximate surface area is 181 Å². The summed E-state index contributed by atoms with van der Waals surface area (Å²) < 4.78 is 49.1.